The normalized spacial score (nSPS) is 17.5. The second-order valence-electron chi connectivity index (χ2n) is 8.27. The molecule has 0 amide bonds. The molecule has 31 heavy (non-hydrogen) atoms. The van der Waals surface area contributed by atoms with E-state index in [1.807, 2.05) is 39.8 Å². The number of benzene rings is 2. The van der Waals surface area contributed by atoms with Crippen LogP contribution in [0.5, 0.6) is 23.0 Å². The number of Topliss-reactive ketones (excluding diaryl/α,β-unsaturated/α-hetero) is 1. The number of phenols is 3. The van der Waals surface area contributed by atoms with E-state index in [0.717, 1.165) is 11.1 Å². The van der Waals surface area contributed by atoms with E-state index in [0.29, 0.717) is 17.5 Å². The highest BCUT2D eigenvalue weighted by molar-refractivity contribution is 6.06. The number of rotatable bonds is 5. The standard InChI is InChI=1S/C25H28O6/c1-13(2)5-11-17-20(27)18(12-6-14(3)4)25-19(21(17)28)22(29)23(30)24(31-25)15-7-9-16(26)10-8-15/h5-10,23-24,26-28,30H,11-12H2,1-4H3. The van der Waals surface area contributed by atoms with Crippen LogP contribution in [0.2, 0.25) is 0 Å². The van der Waals surface area contributed by atoms with Gasteiger partial charge in [-0.3, -0.25) is 4.79 Å². The molecule has 2 atom stereocenters. The Morgan fingerprint density at radius 2 is 1.45 bits per heavy atom. The number of ketones is 1. The topological polar surface area (TPSA) is 107 Å². The first-order valence-electron chi connectivity index (χ1n) is 10.2. The molecule has 0 aromatic heterocycles. The van der Waals surface area contributed by atoms with E-state index in [4.69, 9.17) is 4.74 Å². The minimum absolute atomic E-state index is 0.0456. The molecule has 0 spiro atoms. The van der Waals surface area contributed by atoms with E-state index < -0.39 is 18.0 Å². The van der Waals surface area contributed by atoms with Crippen LogP contribution in [0, 0.1) is 0 Å². The largest absolute Gasteiger partial charge is 0.508 e. The van der Waals surface area contributed by atoms with Crippen molar-refractivity contribution in [3.8, 4) is 23.0 Å². The summed E-state index contributed by atoms with van der Waals surface area (Å²) in [6, 6.07) is 5.99. The molecule has 0 fully saturated rings. The van der Waals surface area contributed by atoms with Crippen LogP contribution in [-0.2, 0) is 12.8 Å². The van der Waals surface area contributed by atoms with Crippen molar-refractivity contribution in [3.63, 3.8) is 0 Å². The third-order valence-electron chi connectivity index (χ3n) is 5.29. The third-order valence-corrected chi connectivity index (χ3v) is 5.29. The minimum Gasteiger partial charge on any atom is -0.508 e. The molecule has 1 aliphatic rings. The predicted molar refractivity (Wildman–Crippen MR) is 118 cm³/mol. The summed E-state index contributed by atoms with van der Waals surface area (Å²) < 4.78 is 6.03. The van der Waals surface area contributed by atoms with E-state index in [2.05, 4.69) is 0 Å². The van der Waals surface area contributed by atoms with Gasteiger partial charge < -0.3 is 25.2 Å². The lowest BCUT2D eigenvalue weighted by Gasteiger charge is -2.32. The van der Waals surface area contributed by atoms with Gasteiger partial charge in [-0.1, -0.05) is 35.4 Å². The Labute approximate surface area is 181 Å². The Kier molecular flexibility index (Phi) is 6.41. The first-order valence-corrected chi connectivity index (χ1v) is 10.2. The van der Waals surface area contributed by atoms with Crippen molar-refractivity contribution in [3.05, 3.63) is 69.8 Å². The third kappa shape index (κ3) is 4.44. The van der Waals surface area contributed by atoms with Gasteiger partial charge in [0.15, 0.2) is 12.2 Å². The minimum atomic E-state index is -1.54. The molecule has 6 heteroatoms. The lowest BCUT2D eigenvalue weighted by atomic mass is 9.87. The fourth-order valence-electron chi connectivity index (χ4n) is 3.56. The Hall–Kier alpha value is -3.25. The molecule has 164 valence electrons. The molecule has 3 rings (SSSR count). The maximum absolute atomic E-state index is 13.1. The number of phenolic OH excluding ortho intramolecular Hbond substituents is 3. The van der Waals surface area contributed by atoms with Gasteiger partial charge in [0.1, 0.15) is 28.6 Å². The van der Waals surface area contributed by atoms with Crippen LogP contribution in [0.15, 0.2) is 47.6 Å². The highest BCUT2D eigenvalue weighted by atomic mass is 16.5. The number of carbonyl (C=O) groups excluding carboxylic acids is 1. The number of fused-ring (bicyclic) bond motifs is 1. The van der Waals surface area contributed by atoms with Crippen molar-refractivity contribution in [2.24, 2.45) is 0 Å². The molecule has 6 nitrogen and oxygen atoms in total. The predicted octanol–water partition coefficient (Wildman–Crippen LogP) is 4.50. The van der Waals surface area contributed by atoms with Crippen LogP contribution in [0.4, 0.5) is 0 Å². The molecular weight excluding hydrogens is 396 g/mol. The number of hydrogen-bond donors (Lipinski definition) is 4. The first-order chi connectivity index (χ1) is 14.6. The van der Waals surface area contributed by atoms with Crippen molar-refractivity contribution in [2.75, 3.05) is 0 Å². The Morgan fingerprint density at radius 1 is 0.903 bits per heavy atom. The van der Waals surface area contributed by atoms with E-state index in [1.165, 1.54) is 12.1 Å². The monoisotopic (exact) mass is 424 g/mol. The van der Waals surface area contributed by atoms with Crippen molar-refractivity contribution >= 4 is 5.78 Å². The number of aliphatic hydroxyl groups is 1. The molecule has 1 heterocycles. The molecular formula is C25H28O6. The van der Waals surface area contributed by atoms with Crippen LogP contribution in [0.1, 0.15) is 60.8 Å². The highest BCUT2D eigenvalue weighted by Gasteiger charge is 2.41. The molecule has 1 aliphatic heterocycles. The smallest absolute Gasteiger partial charge is 0.202 e. The lowest BCUT2D eigenvalue weighted by Crippen LogP contribution is -2.37. The fraction of sp³-hybridized carbons (Fsp3) is 0.320. The zero-order valence-corrected chi connectivity index (χ0v) is 18.1. The summed E-state index contributed by atoms with van der Waals surface area (Å²) in [6.45, 7) is 7.64. The van der Waals surface area contributed by atoms with Crippen molar-refractivity contribution < 1.29 is 30.0 Å². The van der Waals surface area contributed by atoms with Crippen LogP contribution in [-0.4, -0.2) is 32.3 Å². The second-order valence-corrected chi connectivity index (χ2v) is 8.27. The fourth-order valence-corrected chi connectivity index (χ4v) is 3.56. The van der Waals surface area contributed by atoms with Gasteiger partial charge in [0.05, 0.1) is 0 Å². The summed E-state index contributed by atoms with van der Waals surface area (Å²) in [5.74, 6) is -1.06. The average molecular weight is 424 g/mol. The van der Waals surface area contributed by atoms with Gasteiger partial charge in [0.2, 0.25) is 5.78 Å². The number of ether oxygens (including phenoxy) is 1. The Bertz CT molecular complexity index is 1050. The average Bonchev–Trinajstić information content (AvgIpc) is 2.70. The molecule has 2 unspecified atom stereocenters. The lowest BCUT2D eigenvalue weighted by molar-refractivity contribution is 0.0206. The summed E-state index contributed by atoms with van der Waals surface area (Å²) in [7, 11) is 0. The second kappa shape index (κ2) is 8.86. The zero-order chi connectivity index (χ0) is 22.9. The van der Waals surface area contributed by atoms with Crippen LogP contribution in [0.25, 0.3) is 0 Å². The molecule has 0 radical (unpaired) electrons. The van der Waals surface area contributed by atoms with Gasteiger partial charge in [-0.05, 0) is 58.2 Å². The number of aromatic hydroxyl groups is 3. The number of allylic oxidation sites excluding steroid dienone is 4. The number of hydrogen-bond acceptors (Lipinski definition) is 6. The zero-order valence-electron chi connectivity index (χ0n) is 18.1. The van der Waals surface area contributed by atoms with Crippen molar-refractivity contribution in [1.82, 2.24) is 0 Å². The van der Waals surface area contributed by atoms with Crippen molar-refractivity contribution in [1.29, 1.82) is 0 Å². The molecule has 0 saturated carbocycles. The summed E-state index contributed by atoms with van der Waals surface area (Å²) in [4.78, 5) is 13.1. The SMILES string of the molecule is CC(C)=CCc1c(O)c(CC=C(C)C)c2c(c1O)C(=O)C(O)C(c1ccc(O)cc1)O2. The van der Waals surface area contributed by atoms with E-state index in [1.54, 1.807) is 12.1 Å². The first kappa shape index (κ1) is 22.4. The molecule has 0 bridgehead atoms. The number of carbonyl (C=O) groups is 1. The van der Waals surface area contributed by atoms with Gasteiger partial charge in [-0.2, -0.15) is 0 Å². The Morgan fingerprint density at radius 3 is 2.00 bits per heavy atom. The van der Waals surface area contributed by atoms with E-state index >= 15 is 0 Å². The molecule has 0 aliphatic carbocycles. The molecule has 0 saturated heterocycles. The van der Waals surface area contributed by atoms with Gasteiger partial charge >= 0.3 is 0 Å². The highest BCUT2D eigenvalue weighted by Crippen LogP contribution is 2.48. The van der Waals surface area contributed by atoms with Crippen molar-refractivity contribution in [2.45, 2.75) is 52.7 Å². The van der Waals surface area contributed by atoms with Gasteiger partial charge in [0.25, 0.3) is 0 Å². The maximum Gasteiger partial charge on any atom is 0.202 e. The van der Waals surface area contributed by atoms with Gasteiger partial charge in [0, 0.05) is 11.1 Å². The van der Waals surface area contributed by atoms with Crippen LogP contribution in [0.3, 0.4) is 0 Å². The summed E-state index contributed by atoms with van der Waals surface area (Å²) in [5, 5.41) is 42.1. The van der Waals surface area contributed by atoms with E-state index in [-0.39, 0.29) is 40.5 Å². The molecule has 2 aromatic rings. The van der Waals surface area contributed by atoms with Gasteiger partial charge in [-0.25, -0.2) is 0 Å². The van der Waals surface area contributed by atoms with Crippen LogP contribution < -0.4 is 4.74 Å². The molecule has 2 aromatic carbocycles. The Balaban J connectivity index is 2.21. The summed E-state index contributed by atoms with van der Waals surface area (Å²) in [5.41, 5.74) is 3.00. The quantitative estimate of drug-likeness (QED) is 0.527. The molecule has 4 N–H and O–H groups in total. The number of aliphatic hydroxyl groups excluding tert-OH is 1. The summed E-state index contributed by atoms with van der Waals surface area (Å²) >= 11 is 0. The summed E-state index contributed by atoms with van der Waals surface area (Å²) in [6.07, 6.45) is 1.69. The van der Waals surface area contributed by atoms with E-state index in [9.17, 15) is 25.2 Å². The van der Waals surface area contributed by atoms with Crippen LogP contribution >= 0.6 is 0 Å². The van der Waals surface area contributed by atoms with Gasteiger partial charge in [-0.15, -0.1) is 0 Å². The maximum atomic E-state index is 13.1.